The predicted octanol–water partition coefficient (Wildman–Crippen LogP) is 4.97. The molecule has 1 aliphatic rings. The van der Waals surface area contributed by atoms with Gasteiger partial charge in [-0.2, -0.15) is 4.99 Å². The van der Waals surface area contributed by atoms with Crippen molar-refractivity contribution in [1.29, 1.82) is 0 Å². The molecule has 1 aliphatic heterocycles. The SMILES string of the molecule is Cc1ccc(COc2ccc(/C=C3\SC(=NC(=O)c4ccccc4)NC3=O)cc2)cc1. The zero-order valence-electron chi connectivity index (χ0n) is 16.9. The summed E-state index contributed by atoms with van der Waals surface area (Å²) < 4.78 is 5.82. The fourth-order valence-electron chi connectivity index (χ4n) is 2.88. The van der Waals surface area contributed by atoms with Crippen molar-refractivity contribution in [2.75, 3.05) is 0 Å². The van der Waals surface area contributed by atoms with Gasteiger partial charge in [0, 0.05) is 5.56 Å². The molecule has 1 fully saturated rings. The Morgan fingerprint density at radius 2 is 1.71 bits per heavy atom. The average Bonchev–Trinajstić information content (AvgIpc) is 3.13. The molecule has 154 valence electrons. The van der Waals surface area contributed by atoms with Crippen molar-refractivity contribution in [2.24, 2.45) is 4.99 Å². The van der Waals surface area contributed by atoms with E-state index in [0.29, 0.717) is 17.1 Å². The fourth-order valence-corrected chi connectivity index (χ4v) is 3.70. The van der Waals surface area contributed by atoms with Gasteiger partial charge >= 0.3 is 0 Å². The second kappa shape index (κ2) is 9.45. The van der Waals surface area contributed by atoms with Crippen LogP contribution in [0.4, 0.5) is 0 Å². The topological polar surface area (TPSA) is 67.8 Å². The van der Waals surface area contributed by atoms with Gasteiger partial charge in [-0.25, -0.2) is 0 Å². The molecule has 31 heavy (non-hydrogen) atoms. The van der Waals surface area contributed by atoms with E-state index in [0.717, 1.165) is 28.6 Å². The molecule has 4 rings (SSSR count). The number of nitrogens with one attached hydrogen (secondary N) is 1. The summed E-state index contributed by atoms with van der Waals surface area (Å²) >= 11 is 1.15. The summed E-state index contributed by atoms with van der Waals surface area (Å²) in [6, 6.07) is 24.5. The Hall–Kier alpha value is -3.64. The maximum atomic E-state index is 12.2. The molecule has 0 spiro atoms. The van der Waals surface area contributed by atoms with E-state index in [1.807, 2.05) is 42.5 Å². The van der Waals surface area contributed by atoms with Crippen LogP contribution in [0.3, 0.4) is 0 Å². The van der Waals surface area contributed by atoms with Gasteiger partial charge in [-0.15, -0.1) is 0 Å². The van der Waals surface area contributed by atoms with Gasteiger partial charge in [-0.1, -0.05) is 60.2 Å². The van der Waals surface area contributed by atoms with Crippen molar-refractivity contribution in [1.82, 2.24) is 5.32 Å². The number of aryl methyl sites for hydroxylation is 1. The number of carbonyl (C=O) groups is 2. The highest BCUT2D eigenvalue weighted by Gasteiger charge is 2.24. The summed E-state index contributed by atoms with van der Waals surface area (Å²) in [6.07, 6.45) is 1.76. The number of amides is 2. The quantitative estimate of drug-likeness (QED) is 0.583. The smallest absolute Gasteiger partial charge is 0.279 e. The molecule has 0 aliphatic carbocycles. The van der Waals surface area contributed by atoms with Gasteiger partial charge in [0.25, 0.3) is 11.8 Å². The van der Waals surface area contributed by atoms with Crippen LogP contribution in [-0.2, 0) is 11.4 Å². The predicted molar refractivity (Wildman–Crippen MR) is 124 cm³/mol. The minimum absolute atomic E-state index is 0.274. The molecule has 0 unspecified atom stereocenters. The Morgan fingerprint density at radius 1 is 1.00 bits per heavy atom. The third-order valence-electron chi connectivity index (χ3n) is 4.58. The number of ether oxygens (including phenoxy) is 1. The van der Waals surface area contributed by atoms with E-state index in [-0.39, 0.29) is 17.0 Å². The first-order chi connectivity index (χ1) is 15.1. The number of thioether (sulfide) groups is 1. The Kier molecular flexibility index (Phi) is 6.29. The summed E-state index contributed by atoms with van der Waals surface area (Å²) in [4.78, 5) is 28.9. The number of amidine groups is 1. The van der Waals surface area contributed by atoms with E-state index >= 15 is 0 Å². The largest absolute Gasteiger partial charge is 0.489 e. The molecule has 5 nitrogen and oxygen atoms in total. The van der Waals surface area contributed by atoms with E-state index in [1.54, 1.807) is 30.3 Å². The van der Waals surface area contributed by atoms with E-state index < -0.39 is 0 Å². The minimum atomic E-state index is -0.389. The summed E-state index contributed by atoms with van der Waals surface area (Å²) in [7, 11) is 0. The Bertz CT molecular complexity index is 1150. The number of benzene rings is 3. The first-order valence-electron chi connectivity index (χ1n) is 9.74. The van der Waals surface area contributed by atoms with E-state index in [9.17, 15) is 9.59 Å². The number of nitrogens with zero attached hydrogens (tertiary/aromatic N) is 1. The second-order valence-corrected chi connectivity index (χ2v) is 8.03. The highest BCUT2D eigenvalue weighted by Crippen LogP contribution is 2.27. The lowest BCUT2D eigenvalue weighted by Crippen LogP contribution is -2.20. The van der Waals surface area contributed by atoms with Gasteiger partial charge in [0.15, 0.2) is 5.17 Å². The Labute approximate surface area is 184 Å². The van der Waals surface area contributed by atoms with Crippen LogP contribution in [0.15, 0.2) is 88.8 Å². The molecular weight excluding hydrogens is 408 g/mol. The first kappa shape index (κ1) is 20.6. The molecule has 0 aromatic heterocycles. The molecule has 0 saturated carbocycles. The van der Waals surface area contributed by atoms with Crippen LogP contribution in [-0.4, -0.2) is 17.0 Å². The number of aliphatic imine (C=N–C) groups is 1. The third-order valence-corrected chi connectivity index (χ3v) is 5.49. The summed E-state index contributed by atoms with van der Waals surface area (Å²) in [5.41, 5.74) is 3.65. The van der Waals surface area contributed by atoms with Gasteiger partial charge in [-0.3, -0.25) is 9.59 Å². The van der Waals surface area contributed by atoms with E-state index in [4.69, 9.17) is 4.74 Å². The van der Waals surface area contributed by atoms with Crippen molar-refractivity contribution in [3.63, 3.8) is 0 Å². The lowest BCUT2D eigenvalue weighted by molar-refractivity contribution is -0.115. The number of rotatable bonds is 5. The molecular formula is C25H20N2O3S. The maximum absolute atomic E-state index is 12.2. The lowest BCUT2D eigenvalue weighted by Gasteiger charge is -2.07. The van der Waals surface area contributed by atoms with Crippen LogP contribution in [0.25, 0.3) is 6.08 Å². The van der Waals surface area contributed by atoms with E-state index in [2.05, 4.69) is 29.4 Å². The molecule has 6 heteroatoms. The second-order valence-electron chi connectivity index (χ2n) is 7.00. The molecule has 1 heterocycles. The average molecular weight is 429 g/mol. The van der Waals surface area contributed by atoms with Gasteiger partial charge in [0.1, 0.15) is 12.4 Å². The van der Waals surface area contributed by atoms with Crippen molar-refractivity contribution >= 4 is 34.8 Å². The zero-order valence-corrected chi connectivity index (χ0v) is 17.7. The maximum Gasteiger partial charge on any atom is 0.279 e. The van der Waals surface area contributed by atoms with Crippen LogP contribution in [0.1, 0.15) is 27.0 Å². The molecule has 0 atom stereocenters. The Balaban J connectivity index is 1.39. The first-order valence-corrected chi connectivity index (χ1v) is 10.6. The molecule has 1 saturated heterocycles. The fraction of sp³-hybridized carbons (Fsp3) is 0.0800. The normalized spacial score (nSPS) is 15.8. The van der Waals surface area contributed by atoms with Gasteiger partial charge < -0.3 is 10.1 Å². The number of carbonyl (C=O) groups excluding carboxylic acids is 2. The van der Waals surface area contributed by atoms with Crippen molar-refractivity contribution in [3.05, 3.63) is 106 Å². The van der Waals surface area contributed by atoms with Crippen molar-refractivity contribution in [3.8, 4) is 5.75 Å². The highest BCUT2D eigenvalue weighted by atomic mass is 32.2. The molecule has 1 N–H and O–H groups in total. The van der Waals surface area contributed by atoms with Gasteiger partial charge in [0.2, 0.25) is 0 Å². The monoisotopic (exact) mass is 428 g/mol. The molecule has 3 aromatic carbocycles. The number of hydrogen-bond acceptors (Lipinski definition) is 4. The van der Waals surface area contributed by atoms with Crippen LogP contribution in [0.2, 0.25) is 0 Å². The summed E-state index contributed by atoms with van der Waals surface area (Å²) in [5.74, 6) is 0.0889. The third kappa shape index (κ3) is 5.49. The van der Waals surface area contributed by atoms with Crippen LogP contribution in [0.5, 0.6) is 5.75 Å². The molecule has 0 bridgehead atoms. The summed E-state index contributed by atoms with van der Waals surface area (Å²) in [6.45, 7) is 2.55. The molecule has 2 amide bonds. The van der Waals surface area contributed by atoms with Crippen LogP contribution < -0.4 is 10.1 Å². The minimum Gasteiger partial charge on any atom is -0.489 e. The zero-order chi connectivity index (χ0) is 21.6. The number of hydrogen-bond donors (Lipinski definition) is 1. The van der Waals surface area contributed by atoms with Crippen molar-refractivity contribution < 1.29 is 14.3 Å². The van der Waals surface area contributed by atoms with Crippen molar-refractivity contribution in [2.45, 2.75) is 13.5 Å². The summed E-state index contributed by atoms with van der Waals surface area (Å²) in [5, 5.41) is 2.92. The molecule has 3 aromatic rings. The van der Waals surface area contributed by atoms with Crippen LogP contribution >= 0.6 is 11.8 Å². The highest BCUT2D eigenvalue weighted by molar-refractivity contribution is 8.18. The standard InChI is InChI=1S/C25H20N2O3S/c1-17-7-9-19(10-8-17)16-30-21-13-11-18(12-14-21)15-22-24(29)27-25(31-22)26-23(28)20-5-3-2-4-6-20/h2-15H,16H2,1H3,(H,26,27,28,29)/b22-15-. The van der Waals surface area contributed by atoms with Crippen LogP contribution in [0, 0.1) is 6.92 Å². The molecule has 0 radical (unpaired) electrons. The van der Waals surface area contributed by atoms with Gasteiger partial charge in [0.05, 0.1) is 4.91 Å². The lowest BCUT2D eigenvalue weighted by atomic mass is 10.1. The van der Waals surface area contributed by atoms with E-state index in [1.165, 1.54) is 5.56 Å². The van der Waals surface area contributed by atoms with Gasteiger partial charge in [-0.05, 0) is 60.2 Å². The Morgan fingerprint density at radius 3 is 2.42 bits per heavy atom.